The first-order valence-electron chi connectivity index (χ1n) is 12.6. The van der Waals surface area contributed by atoms with Gasteiger partial charge in [0.05, 0.1) is 5.58 Å². The standard InChI is InChI=1S/C18H12NO.C16H18N.Ir/c1-12-8-9-13-14-5-4-6-15(16-7-2-3-10-19-16)18(14)20-17(13)11-12;1-11(2)14-7-13(4)8-15(10-14)16-9-12(3)5-6-17-16;/h2-5,7-11H,1H3;5-7,9-11H,1-4H3;/q2*-1;. The van der Waals surface area contributed by atoms with Gasteiger partial charge in [-0.2, -0.15) is 0 Å². The van der Waals surface area contributed by atoms with Crippen LogP contribution in [0.4, 0.5) is 0 Å². The average Bonchev–Trinajstić information content (AvgIpc) is 3.27. The summed E-state index contributed by atoms with van der Waals surface area (Å²) in [4.78, 5) is 8.82. The summed E-state index contributed by atoms with van der Waals surface area (Å²) in [5, 5.41) is 2.25. The van der Waals surface area contributed by atoms with E-state index in [9.17, 15) is 0 Å². The number of furan rings is 1. The molecule has 3 heterocycles. The SMILES string of the molecule is Cc1[c-]c(-c2cc(C)ccn2)cc(C(C)C)c1.Cc1ccc2c(c1)oc1c(-c3ccccn3)[c-]ccc12.[Ir]. The number of hydrogen-bond acceptors (Lipinski definition) is 3. The Morgan fingerprint density at radius 1 is 0.763 bits per heavy atom. The largest absolute Gasteiger partial charge is 0.501 e. The zero-order chi connectivity index (χ0) is 25.9. The number of aryl methyl sites for hydroxylation is 3. The molecular formula is C34H30IrN2O-2. The van der Waals surface area contributed by atoms with Crippen LogP contribution in [0, 0.1) is 32.9 Å². The van der Waals surface area contributed by atoms with Crippen LogP contribution in [-0.4, -0.2) is 9.97 Å². The van der Waals surface area contributed by atoms with Crippen LogP contribution in [0.5, 0.6) is 0 Å². The molecule has 0 aliphatic rings. The summed E-state index contributed by atoms with van der Waals surface area (Å²) in [6.07, 6.45) is 3.64. The molecule has 0 aliphatic carbocycles. The van der Waals surface area contributed by atoms with Gasteiger partial charge in [-0.05, 0) is 54.9 Å². The second-order valence-electron chi connectivity index (χ2n) is 9.80. The van der Waals surface area contributed by atoms with Crippen LogP contribution in [0.15, 0.2) is 89.6 Å². The van der Waals surface area contributed by atoms with Gasteiger partial charge in [0.2, 0.25) is 0 Å². The van der Waals surface area contributed by atoms with Crippen molar-refractivity contribution in [3.05, 3.63) is 120 Å². The molecule has 38 heavy (non-hydrogen) atoms. The molecular weight excluding hydrogens is 645 g/mol. The number of pyridine rings is 2. The Labute approximate surface area is 238 Å². The molecule has 4 heteroatoms. The number of fused-ring (bicyclic) bond motifs is 3. The smallest absolute Gasteiger partial charge is 0.121 e. The fourth-order valence-electron chi connectivity index (χ4n) is 4.45. The van der Waals surface area contributed by atoms with Gasteiger partial charge in [0, 0.05) is 37.9 Å². The maximum Gasteiger partial charge on any atom is 0.121 e. The van der Waals surface area contributed by atoms with E-state index in [4.69, 9.17) is 4.42 Å². The summed E-state index contributed by atoms with van der Waals surface area (Å²) in [7, 11) is 0. The molecule has 1 radical (unpaired) electrons. The predicted molar refractivity (Wildman–Crippen MR) is 153 cm³/mol. The Morgan fingerprint density at radius 2 is 1.55 bits per heavy atom. The molecule has 193 valence electrons. The maximum atomic E-state index is 6.05. The molecule has 3 aromatic heterocycles. The Bertz CT molecular complexity index is 1690. The van der Waals surface area contributed by atoms with E-state index >= 15 is 0 Å². The van der Waals surface area contributed by atoms with E-state index in [1.54, 1.807) is 6.20 Å². The molecule has 0 spiro atoms. The number of rotatable bonds is 3. The van der Waals surface area contributed by atoms with Gasteiger partial charge in [0.1, 0.15) is 5.58 Å². The van der Waals surface area contributed by atoms with Gasteiger partial charge in [0.15, 0.2) is 0 Å². The molecule has 0 saturated heterocycles. The number of aromatic nitrogens is 2. The first-order chi connectivity index (χ1) is 17.9. The Morgan fingerprint density at radius 3 is 2.29 bits per heavy atom. The Hall–Kier alpha value is -3.59. The van der Waals surface area contributed by atoms with Gasteiger partial charge in [-0.25, -0.2) is 0 Å². The molecule has 0 atom stereocenters. The van der Waals surface area contributed by atoms with E-state index in [-0.39, 0.29) is 20.1 Å². The van der Waals surface area contributed by atoms with Crippen LogP contribution in [0.25, 0.3) is 44.5 Å². The molecule has 0 saturated carbocycles. The van der Waals surface area contributed by atoms with E-state index in [0.29, 0.717) is 5.92 Å². The molecule has 0 amide bonds. The molecule has 3 aromatic carbocycles. The van der Waals surface area contributed by atoms with E-state index in [0.717, 1.165) is 44.5 Å². The fraction of sp³-hybridized carbons (Fsp3) is 0.176. The monoisotopic (exact) mass is 675 g/mol. The third-order valence-electron chi connectivity index (χ3n) is 6.39. The Kier molecular flexibility index (Phi) is 8.56. The Balaban J connectivity index is 0.000000175. The molecule has 0 unspecified atom stereocenters. The van der Waals surface area contributed by atoms with Crippen molar-refractivity contribution in [2.45, 2.75) is 40.5 Å². The minimum Gasteiger partial charge on any atom is -0.501 e. The van der Waals surface area contributed by atoms with Crippen LogP contribution >= 0.6 is 0 Å². The van der Waals surface area contributed by atoms with E-state index < -0.39 is 0 Å². The quantitative estimate of drug-likeness (QED) is 0.176. The number of nitrogens with zero attached hydrogens (tertiary/aromatic N) is 2. The molecule has 0 N–H and O–H groups in total. The zero-order valence-corrected chi connectivity index (χ0v) is 24.7. The summed E-state index contributed by atoms with van der Waals surface area (Å²) in [6, 6.07) is 31.3. The second-order valence-corrected chi connectivity index (χ2v) is 9.80. The van der Waals surface area contributed by atoms with Crippen molar-refractivity contribution in [2.75, 3.05) is 0 Å². The summed E-state index contributed by atoms with van der Waals surface area (Å²) in [5.41, 5.74) is 10.6. The fourth-order valence-corrected chi connectivity index (χ4v) is 4.45. The molecule has 0 bridgehead atoms. The van der Waals surface area contributed by atoms with Crippen molar-refractivity contribution in [3.63, 3.8) is 0 Å². The van der Waals surface area contributed by atoms with Crippen LogP contribution in [0.2, 0.25) is 0 Å². The average molecular weight is 675 g/mol. The van der Waals surface area contributed by atoms with E-state index in [1.165, 1.54) is 22.3 Å². The molecule has 6 aromatic rings. The molecule has 6 rings (SSSR count). The van der Waals surface area contributed by atoms with Gasteiger partial charge in [-0.3, -0.25) is 0 Å². The molecule has 0 aliphatic heterocycles. The molecule has 0 fully saturated rings. The summed E-state index contributed by atoms with van der Waals surface area (Å²) < 4.78 is 6.05. The predicted octanol–water partition coefficient (Wildman–Crippen LogP) is 9.04. The summed E-state index contributed by atoms with van der Waals surface area (Å²) >= 11 is 0. The second kappa shape index (κ2) is 11.9. The van der Waals surface area contributed by atoms with Gasteiger partial charge in [0.25, 0.3) is 0 Å². The third-order valence-corrected chi connectivity index (χ3v) is 6.39. The number of benzene rings is 3. The van der Waals surface area contributed by atoms with Crippen LogP contribution < -0.4 is 0 Å². The summed E-state index contributed by atoms with van der Waals surface area (Å²) in [5.74, 6) is 0.534. The minimum absolute atomic E-state index is 0. The van der Waals surface area contributed by atoms with Crippen LogP contribution in [0.1, 0.15) is 42.0 Å². The van der Waals surface area contributed by atoms with Crippen molar-refractivity contribution in [2.24, 2.45) is 0 Å². The normalized spacial score (nSPS) is 10.8. The topological polar surface area (TPSA) is 38.9 Å². The van der Waals surface area contributed by atoms with E-state index in [2.05, 4.69) is 93.1 Å². The van der Waals surface area contributed by atoms with Crippen molar-refractivity contribution < 1.29 is 24.5 Å². The first kappa shape index (κ1) is 27.4. The maximum absolute atomic E-state index is 6.05. The van der Waals surface area contributed by atoms with Crippen molar-refractivity contribution in [1.82, 2.24) is 9.97 Å². The molecule has 3 nitrogen and oxygen atoms in total. The first-order valence-corrected chi connectivity index (χ1v) is 12.6. The van der Waals surface area contributed by atoms with Gasteiger partial charge in [-0.15, -0.1) is 53.1 Å². The summed E-state index contributed by atoms with van der Waals surface area (Å²) in [6.45, 7) is 10.7. The zero-order valence-electron chi connectivity index (χ0n) is 22.3. The van der Waals surface area contributed by atoms with Gasteiger partial charge >= 0.3 is 0 Å². The minimum atomic E-state index is 0. The van der Waals surface area contributed by atoms with Crippen LogP contribution in [0.3, 0.4) is 0 Å². The van der Waals surface area contributed by atoms with Gasteiger partial charge < -0.3 is 14.4 Å². The van der Waals surface area contributed by atoms with Crippen molar-refractivity contribution >= 4 is 21.9 Å². The van der Waals surface area contributed by atoms with Crippen molar-refractivity contribution in [3.8, 4) is 22.5 Å². The van der Waals surface area contributed by atoms with E-state index in [1.807, 2.05) is 42.6 Å². The third kappa shape index (κ3) is 5.93. The number of hydrogen-bond donors (Lipinski definition) is 0. The van der Waals surface area contributed by atoms with Crippen molar-refractivity contribution in [1.29, 1.82) is 0 Å². The van der Waals surface area contributed by atoms with Crippen LogP contribution in [-0.2, 0) is 20.1 Å². The van der Waals surface area contributed by atoms with Gasteiger partial charge in [-0.1, -0.05) is 67.6 Å².